The molecular formula is C16H18BrNS. The van der Waals surface area contributed by atoms with Crippen LogP contribution < -0.4 is 5.32 Å². The van der Waals surface area contributed by atoms with Gasteiger partial charge in [-0.1, -0.05) is 31.0 Å². The van der Waals surface area contributed by atoms with Gasteiger partial charge in [0.2, 0.25) is 0 Å². The third-order valence-electron chi connectivity index (χ3n) is 3.91. The van der Waals surface area contributed by atoms with Gasteiger partial charge in [0.05, 0.1) is 6.04 Å². The Morgan fingerprint density at radius 1 is 1.11 bits per heavy atom. The predicted molar refractivity (Wildman–Crippen MR) is 86.8 cm³/mol. The van der Waals surface area contributed by atoms with Gasteiger partial charge in [-0.3, -0.25) is 0 Å². The molecule has 2 aromatic rings. The Hall–Kier alpha value is -0.800. The quantitative estimate of drug-likeness (QED) is 0.738. The summed E-state index contributed by atoms with van der Waals surface area (Å²) in [7, 11) is 0. The van der Waals surface area contributed by atoms with E-state index in [-0.39, 0.29) is 0 Å². The molecule has 1 N–H and O–H groups in total. The third-order valence-corrected chi connectivity index (χ3v) is 5.55. The van der Waals surface area contributed by atoms with Gasteiger partial charge in [0, 0.05) is 15.0 Å². The third kappa shape index (κ3) is 3.03. The van der Waals surface area contributed by atoms with Crippen LogP contribution in [0.15, 0.2) is 46.3 Å². The standard InChI is InChI=1S/C16H18BrNS/c17-13-8-3-4-9-14(13)18-16(12-6-1-2-7-12)15-10-5-11-19-15/h3-5,8-12,16,18H,1-2,6-7H2. The van der Waals surface area contributed by atoms with Gasteiger partial charge in [0.1, 0.15) is 0 Å². The van der Waals surface area contributed by atoms with Crippen LogP contribution in [0.4, 0.5) is 5.69 Å². The van der Waals surface area contributed by atoms with E-state index in [1.165, 1.54) is 36.2 Å². The fourth-order valence-corrected chi connectivity index (χ4v) is 4.19. The minimum Gasteiger partial charge on any atom is -0.376 e. The van der Waals surface area contributed by atoms with E-state index in [2.05, 4.69) is 63.0 Å². The van der Waals surface area contributed by atoms with Gasteiger partial charge in [-0.2, -0.15) is 0 Å². The molecule has 0 bridgehead atoms. The molecule has 1 saturated carbocycles. The van der Waals surface area contributed by atoms with Crippen LogP contribution in [0.3, 0.4) is 0 Å². The monoisotopic (exact) mass is 335 g/mol. The maximum atomic E-state index is 3.76. The first-order valence-corrected chi connectivity index (χ1v) is 8.56. The van der Waals surface area contributed by atoms with Crippen molar-refractivity contribution in [3.05, 3.63) is 51.1 Å². The fourth-order valence-electron chi connectivity index (χ4n) is 2.93. The van der Waals surface area contributed by atoms with Crippen LogP contribution in [0.25, 0.3) is 0 Å². The summed E-state index contributed by atoms with van der Waals surface area (Å²) >= 11 is 5.50. The molecule has 1 nitrogen and oxygen atoms in total. The maximum Gasteiger partial charge on any atom is 0.0635 e. The van der Waals surface area contributed by atoms with Gasteiger partial charge in [0.25, 0.3) is 0 Å². The number of anilines is 1. The molecule has 1 atom stereocenters. The Morgan fingerprint density at radius 3 is 2.58 bits per heavy atom. The van der Waals surface area contributed by atoms with Crippen molar-refractivity contribution in [3.8, 4) is 0 Å². The largest absolute Gasteiger partial charge is 0.376 e. The van der Waals surface area contributed by atoms with Crippen molar-refractivity contribution >= 4 is 33.0 Å². The minimum atomic E-state index is 0.459. The highest BCUT2D eigenvalue weighted by Crippen LogP contribution is 2.40. The lowest BCUT2D eigenvalue weighted by Crippen LogP contribution is -2.18. The Balaban J connectivity index is 1.85. The number of benzene rings is 1. The molecule has 3 heteroatoms. The van der Waals surface area contributed by atoms with E-state index >= 15 is 0 Å². The zero-order valence-corrected chi connectivity index (χ0v) is 13.2. The van der Waals surface area contributed by atoms with E-state index in [1.54, 1.807) is 0 Å². The average molecular weight is 336 g/mol. The highest BCUT2D eigenvalue weighted by atomic mass is 79.9. The Kier molecular flexibility index (Phi) is 4.24. The van der Waals surface area contributed by atoms with Crippen LogP contribution in [0.5, 0.6) is 0 Å². The zero-order chi connectivity index (χ0) is 13.1. The topological polar surface area (TPSA) is 12.0 Å². The second kappa shape index (κ2) is 6.10. The van der Waals surface area contributed by atoms with E-state index in [0.29, 0.717) is 6.04 Å². The summed E-state index contributed by atoms with van der Waals surface area (Å²) in [5.74, 6) is 0.769. The summed E-state index contributed by atoms with van der Waals surface area (Å²) in [6.45, 7) is 0. The van der Waals surface area contributed by atoms with E-state index in [9.17, 15) is 0 Å². The van der Waals surface area contributed by atoms with Crippen LogP contribution in [0.2, 0.25) is 0 Å². The van der Waals surface area contributed by atoms with E-state index < -0.39 is 0 Å². The van der Waals surface area contributed by atoms with Crippen LogP contribution >= 0.6 is 27.3 Å². The molecule has 1 aliphatic rings. The first-order valence-electron chi connectivity index (χ1n) is 6.89. The summed E-state index contributed by atoms with van der Waals surface area (Å²) in [6, 6.07) is 13.3. The predicted octanol–water partition coefficient (Wildman–Crippen LogP) is 5.85. The lowest BCUT2D eigenvalue weighted by molar-refractivity contribution is 0.475. The van der Waals surface area contributed by atoms with Crippen molar-refractivity contribution in [1.82, 2.24) is 0 Å². The van der Waals surface area contributed by atoms with E-state index in [1.807, 2.05) is 11.3 Å². The van der Waals surface area contributed by atoms with Crippen molar-refractivity contribution in [2.45, 2.75) is 31.7 Å². The summed E-state index contributed by atoms with van der Waals surface area (Å²) in [5.41, 5.74) is 1.20. The second-order valence-electron chi connectivity index (χ2n) is 5.16. The molecular weight excluding hydrogens is 318 g/mol. The summed E-state index contributed by atoms with van der Waals surface area (Å²) in [5, 5.41) is 5.93. The molecule has 0 saturated heterocycles. The van der Waals surface area contributed by atoms with Crippen molar-refractivity contribution in [3.63, 3.8) is 0 Å². The zero-order valence-electron chi connectivity index (χ0n) is 10.8. The number of hydrogen-bond acceptors (Lipinski definition) is 2. The highest BCUT2D eigenvalue weighted by molar-refractivity contribution is 9.10. The number of nitrogens with one attached hydrogen (secondary N) is 1. The fraction of sp³-hybridized carbons (Fsp3) is 0.375. The van der Waals surface area contributed by atoms with Gasteiger partial charge < -0.3 is 5.32 Å². The van der Waals surface area contributed by atoms with E-state index in [4.69, 9.17) is 0 Å². The van der Waals surface area contributed by atoms with Crippen LogP contribution in [0.1, 0.15) is 36.6 Å². The molecule has 1 aromatic carbocycles. The number of hydrogen-bond donors (Lipinski definition) is 1. The molecule has 19 heavy (non-hydrogen) atoms. The van der Waals surface area contributed by atoms with Crippen LogP contribution in [-0.4, -0.2) is 0 Å². The van der Waals surface area contributed by atoms with Crippen LogP contribution in [-0.2, 0) is 0 Å². The van der Waals surface area contributed by atoms with Crippen molar-refractivity contribution < 1.29 is 0 Å². The molecule has 100 valence electrons. The Bertz CT molecular complexity index is 517. The van der Waals surface area contributed by atoms with Gasteiger partial charge in [-0.25, -0.2) is 0 Å². The van der Waals surface area contributed by atoms with E-state index in [0.717, 1.165) is 10.4 Å². The molecule has 1 aliphatic carbocycles. The number of thiophene rings is 1. The molecule has 1 fully saturated rings. The number of halogens is 1. The second-order valence-corrected chi connectivity index (χ2v) is 7.00. The smallest absolute Gasteiger partial charge is 0.0635 e. The Morgan fingerprint density at radius 2 is 1.89 bits per heavy atom. The van der Waals surface area contributed by atoms with Gasteiger partial charge >= 0.3 is 0 Å². The SMILES string of the molecule is Brc1ccccc1NC(c1cccs1)C1CCCC1. The Labute approximate surface area is 127 Å². The summed E-state index contributed by atoms with van der Waals surface area (Å²) < 4.78 is 1.15. The molecule has 0 amide bonds. The average Bonchev–Trinajstić information content (AvgIpc) is 3.11. The number of rotatable bonds is 4. The minimum absolute atomic E-state index is 0.459. The molecule has 0 aliphatic heterocycles. The lowest BCUT2D eigenvalue weighted by atomic mass is 9.96. The molecule has 1 aromatic heterocycles. The normalized spacial score (nSPS) is 17.5. The molecule has 1 unspecified atom stereocenters. The summed E-state index contributed by atoms with van der Waals surface area (Å²) in [4.78, 5) is 1.46. The van der Waals surface area contributed by atoms with Gasteiger partial charge in [0.15, 0.2) is 0 Å². The summed E-state index contributed by atoms with van der Waals surface area (Å²) in [6.07, 6.45) is 5.45. The maximum absolute atomic E-state index is 3.76. The van der Waals surface area contributed by atoms with Gasteiger partial charge in [-0.05, 0) is 58.3 Å². The van der Waals surface area contributed by atoms with Crippen molar-refractivity contribution in [1.29, 1.82) is 0 Å². The molecule has 0 spiro atoms. The number of para-hydroxylation sites is 1. The first-order chi connectivity index (χ1) is 9.34. The first kappa shape index (κ1) is 13.2. The highest BCUT2D eigenvalue weighted by Gasteiger charge is 2.27. The van der Waals surface area contributed by atoms with Crippen LogP contribution in [0, 0.1) is 5.92 Å². The molecule has 3 rings (SSSR count). The van der Waals surface area contributed by atoms with Crippen molar-refractivity contribution in [2.75, 3.05) is 5.32 Å². The molecule has 0 radical (unpaired) electrons. The lowest BCUT2D eigenvalue weighted by Gasteiger charge is -2.25. The molecule has 1 heterocycles. The van der Waals surface area contributed by atoms with Gasteiger partial charge in [-0.15, -0.1) is 11.3 Å². The van der Waals surface area contributed by atoms with Crippen molar-refractivity contribution in [2.24, 2.45) is 5.92 Å².